The van der Waals surface area contributed by atoms with E-state index in [0.29, 0.717) is 12.5 Å². The zero-order chi connectivity index (χ0) is 13.1. The highest BCUT2D eigenvalue weighted by molar-refractivity contribution is 4.73. The smallest absolute Gasteiger partial charge is 0.0568 e. The molecule has 18 heavy (non-hydrogen) atoms. The van der Waals surface area contributed by atoms with Crippen LogP contribution in [0, 0.1) is 5.92 Å². The average molecular weight is 256 g/mol. The summed E-state index contributed by atoms with van der Waals surface area (Å²) in [6, 6.07) is 0. The van der Waals surface area contributed by atoms with Crippen LogP contribution in [0.3, 0.4) is 0 Å². The summed E-state index contributed by atoms with van der Waals surface area (Å²) in [6.07, 6.45) is 15.9. The summed E-state index contributed by atoms with van der Waals surface area (Å²) in [5, 5.41) is 18.8. The van der Waals surface area contributed by atoms with E-state index in [0.717, 1.165) is 12.8 Å². The maximum atomic E-state index is 10.1. The van der Waals surface area contributed by atoms with Crippen LogP contribution in [-0.4, -0.2) is 22.9 Å². The molecule has 0 bridgehead atoms. The standard InChI is InChI=1S/C16H32O2/c17-14-10-5-3-1-2-4-9-13-16(18)15-11-7-6-8-12-15/h15-18H,1-14H2. The Kier molecular flexibility index (Phi) is 9.59. The van der Waals surface area contributed by atoms with Gasteiger partial charge in [-0.3, -0.25) is 0 Å². The van der Waals surface area contributed by atoms with Crippen molar-refractivity contribution in [3.05, 3.63) is 0 Å². The molecule has 1 unspecified atom stereocenters. The van der Waals surface area contributed by atoms with Gasteiger partial charge >= 0.3 is 0 Å². The molecule has 0 aromatic rings. The van der Waals surface area contributed by atoms with Gasteiger partial charge in [-0.1, -0.05) is 57.8 Å². The number of unbranched alkanes of at least 4 members (excludes halogenated alkanes) is 6. The SMILES string of the molecule is OCCCCCCCCCC(O)C1CCCCC1. The third-order valence-electron chi connectivity index (χ3n) is 4.35. The van der Waals surface area contributed by atoms with Gasteiger partial charge in [-0.2, -0.15) is 0 Å². The predicted molar refractivity (Wildman–Crippen MR) is 76.6 cm³/mol. The lowest BCUT2D eigenvalue weighted by Crippen LogP contribution is -2.22. The van der Waals surface area contributed by atoms with Crippen molar-refractivity contribution in [3.63, 3.8) is 0 Å². The van der Waals surface area contributed by atoms with E-state index in [1.165, 1.54) is 70.6 Å². The van der Waals surface area contributed by atoms with Crippen LogP contribution in [0.25, 0.3) is 0 Å². The van der Waals surface area contributed by atoms with Gasteiger partial charge in [0.15, 0.2) is 0 Å². The molecule has 0 amide bonds. The number of hydrogen-bond acceptors (Lipinski definition) is 2. The maximum Gasteiger partial charge on any atom is 0.0568 e. The topological polar surface area (TPSA) is 40.5 Å². The first-order chi connectivity index (χ1) is 8.84. The van der Waals surface area contributed by atoms with Crippen LogP contribution in [0.15, 0.2) is 0 Å². The molecule has 0 saturated heterocycles. The summed E-state index contributed by atoms with van der Waals surface area (Å²) in [5.74, 6) is 0.600. The van der Waals surface area contributed by atoms with Gasteiger partial charge in [0, 0.05) is 6.61 Å². The minimum Gasteiger partial charge on any atom is -0.396 e. The lowest BCUT2D eigenvalue weighted by Gasteiger charge is -2.26. The van der Waals surface area contributed by atoms with Crippen LogP contribution in [0.4, 0.5) is 0 Å². The summed E-state index contributed by atoms with van der Waals surface area (Å²) in [4.78, 5) is 0. The average Bonchev–Trinajstić information content (AvgIpc) is 2.42. The van der Waals surface area contributed by atoms with E-state index in [9.17, 15) is 5.11 Å². The van der Waals surface area contributed by atoms with E-state index < -0.39 is 0 Å². The van der Waals surface area contributed by atoms with E-state index in [1.807, 2.05) is 0 Å². The minimum atomic E-state index is -0.0281. The van der Waals surface area contributed by atoms with E-state index in [4.69, 9.17) is 5.11 Å². The second kappa shape index (κ2) is 10.8. The molecule has 2 heteroatoms. The lowest BCUT2D eigenvalue weighted by molar-refractivity contribution is 0.0748. The van der Waals surface area contributed by atoms with Gasteiger partial charge in [0.05, 0.1) is 6.10 Å². The van der Waals surface area contributed by atoms with Gasteiger partial charge in [-0.05, 0) is 31.6 Å². The van der Waals surface area contributed by atoms with Crippen LogP contribution in [0.5, 0.6) is 0 Å². The van der Waals surface area contributed by atoms with Crippen molar-refractivity contribution in [1.82, 2.24) is 0 Å². The molecule has 2 nitrogen and oxygen atoms in total. The van der Waals surface area contributed by atoms with Crippen LogP contribution >= 0.6 is 0 Å². The summed E-state index contributed by atoms with van der Waals surface area (Å²) >= 11 is 0. The van der Waals surface area contributed by atoms with E-state index in [-0.39, 0.29) is 6.10 Å². The predicted octanol–water partition coefficient (Wildman–Crippen LogP) is 4.04. The normalized spacial score (nSPS) is 19.0. The van der Waals surface area contributed by atoms with Crippen molar-refractivity contribution >= 4 is 0 Å². The highest BCUT2D eigenvalue weighted by atomic mass is 16.3. The van der Waals surface area contributed by atoms with Gasteiger partial charge in [-0.15, -0.1) is 0 Å². The van der Waals surface area contributed by atoms with Gasteiger partial charge in [0.1, 0.15) is 0 Å². The molecule has 1 saturated carbocycles. The second-order valence-electron chi connectivity index (χ2n) is 5.95. The first-order valence-corrected chi connectivity index (χ1v) is 8.13. The Morgan fingerprint density at radius 3 is 1.94 bits per heavy atom. The molecule has 0 aromatic carbocycles. The molecular formula is C16H32O2. The third-order valence-corrected chi connectivity index (χ3v) is 4.35. The molecule has 0 radical (unpaired) electrons. The lowest BCUT2D eigenvalue weighted by atomic mass is 9.83. The summed E-state index contributed by atoms with van der Waals surface area (Å²) in [7, 11) is 0. The molecule has 1 fully saturated rings. The van der Waals surface area contributed by atoms with Gasteiger partial charge < -0.3 is 10.2 Å². The molecule has 1 rings (SSSR count). The molecule has 0 aliphatic heterocycles. The summed E-state index contributed by atoms with van der Waals surface area (Å²) in [5.41, 5.74) is 0. The van der Waals surface area contributed by atoms with Crippen molar-refractivity contribution in [2.75, 3.05) is 6.61 Å². The third kappa shape index (κ3) is 7.38. The quantitative estimate of drug-likeness (QED) is 0.579. The molecule has 108 valence electrons. The molecule has 1 aliphatic rings. The number of aliphatic hydroxyl groups is 2. The molecule has 0 spiro atoms. The Morgan fingerprint density at radius 1 is 0.778 bits per heavy atom. The van der Waals surface area contributed by atoms with E-state index in [2.05, 4.69) is 0 Å². The molecule has 1 aliphatic carbocycles. The zero-order valence-electron chi connectivity index (χ0n) is 11.9. The van der Waals surface area contributed by atoms with Gasteiger partial charge in [0.2, 0.25) is 0 Å². The molecule has 0 aromatic heterocycles. The first kappa shape index (κ1) is 16.0. The number of rotatable bonds is 10. The van der Waals surface area contributed by atoms with Crippen molar-refractivity contribution in [2.45, 2.75) is 89.6 Å². The maximum absolute atomic E-state index is 10.1. The molecule has 2 N–H and O–H groups in total. The Labute approximate surface area is 113 Å². The van der Waals surface area contributed by atoms with E-state index >= 15 is 0 Å². The number of aliphatic hydroxyl groups excluding tert-OH is 2. The monoisotopic (exact) mass is 256 g/mol. The van der Waals surface area contributed by atoms with Crippen molar-refractivity contribution < 1.29 is 10.2 Å². The van der Waals surface area contributed by atoms with Gasteiger partial charge in [-0.25, -0.2) is 0 Å². The Bertz CT molecular complexity index is 176. The Hall–Kier alpha value is -0.0800. The van der Waals surface area contributed by atoms with Crippen molar-refractivity contribution in [3.8, 4) is 0 Å². The van der Waals surface area contributed by atoms with Crippen LogP contribution in [0.1, 0.15) is 83.5 Å². The van der Waals surface area contributed by atoms with Crippen LogP contribution < -0.4 is 0 Å². The second-order valence-corrected chi connectivity index (χ2v) is 5.95. The highest BCUT2D eigenvalue weighted by Crippen LogP contribution is 2.28. The molecular weight excluding hydrogens is 224 g/mol. The van der Waals surface area contributed by atoms with Gasteiger partial charge in [0.25, 0.3) is 0 Å². The van der Waals surface area contributed by atoms with Crippen LogP contribution in [-0.2, 0) is 0 Å². The summed E-state index contributed by atoms with van der Waals surface area (Å²) < 4.78 is 0. The largest absolute Gasteiger partial charge is 0.396 e. The fourth-order valence-corrected chi connectivity index (χ4v) is 3.10. The first-order valence-electron chi connectivity index (χ1n) is 8.13. The molecule has 1 atom stereocenters. The number of hydrogen-bond donors (Lipinski definition) is 2. The van der Waals surface area contributed by atoms with Crippen LogP contribution in [0.2, 0.25) is 0 Å². The molecule has 0 heterocycles. The van der Waals surface area contributed by atoms with E-state index in [1.54, 1.807) is 0 Å². The minimum absolute atomic E-state index is 0.0281. The van der Waals surface area contributed by atoms with Crippen molar-refractivity contribution in [2.24, 2.45) is 5.92 Å². The zero-order valence-corrected chi connectivity index (χ0v) is 11.9. The van der Waals surface area contributed by atoms with Crippen molar-refractivity contribution in [1.29, 1.82) is 0 Å². The fraction of sp³-hybridized carbons (Fsp3) is 1.00. The highest BCUT2D eigenvalue weighted by Gasteiger charge is 2.20. The Balaban J connectivity index is 1.87. The fourth-order valence-electron chi connectivity index (χ4n) is 3.10. The Morgan fingerprint density at radius 2 is 1.33 bits per heavy atom. The summed E-state index contributed by atoms with van der Waals surface area (Å²) in [6.45, 7) is 0.341.